The highest BCUT2D eigenvalue weighted by Crippen LogP contribution is 2.26. The van der Waals surface area contributed by atoms with Gasteiger partial charge in [0, 0.05) is 31.5 Å². The van der Waals surface area contributed by atoms with E-state index in [0.29, 0.717) is 13.0 Å². The van der Waals surface area contributed by atoms with Gasteiger partial charge >= 0.3 is 0 Å². The molecule has 0 radical (unpaired) electrons. The third-order valence-electron chi connectivity index (χ3n) is 4.31. The fourth-order valence-corrected chi connectivity index (χ4v) is 2.85. The van der Waals surface area contributed by atoms with Crippen LogP contribution in [0.25, 0.3) is 0 Å². The maximum absolute atomic E-state index is 12.0. The first-order chi connectivity index (χ1) is 8.51. The lowest BCUT2D eigenvalue weighted by Crippen LogP contribution is -2.49. The van der Waals surface area contributed by atoms with Gasteiger partial charge in [-0.25, -0.2) is 0 Å². The van der Waals surface area contributed by atoms with E-state index in [-0.39, 0.29) is 30.5 Å². The van der Waals surface area contributed by atoms with Crippen LogP contribution in [0.15, 0.2) is 0 Å². The van der Waals surface area contributed by atoms with Gasteiger partial charge in [0.05, 0.1) is 6.10 Å². The molecule has 5 nitrogen and oxygen atoms in total. The van der Waals surface area contributed by atoms with Crippen LogP contribution < -0.4 is 11.1 Å². The molecule has 104 valence electrons. The summed E-state index contributed by atoms with van der Waals surface area (Å²) < 4.78 is 5.34. The molecular weight excluding hydrogens is 232 g/mol. The summed E-state index contributed by atoms with van der Waals surface area (Å²) in [6, 6.07) is 0.145. The highest BCUT2D eigenvalue weighted by molar-refractivity contribution is 5.78. The standard InChI is InChI=1S/C13H24N2O3/c1-9-13(17,5-6-18-9)8-15-12(16)10-3-2-4-11(14)7-10/h9-11,17H,2-8,14H2,1H3,(H,15,16). The van der Waals surface area contributed by atoms with E-state index in [2.05, 4.69) is 5.32 Å². The van der Waals surface area contributed by atoms with Crippen LogP contribution in [-0.2, 0) is 9.53 Å². The molecule has 0 spiro atoms. The van der Waals surface area contributed by atoms with Crippen molar-refractivity contribution in [2.75, 3.05) is 13.2 Å². The molecule has 0 aromatic heterocycles. The Morgan fingerprint density at radius 3 is 2.94 bits per heavy atom. The van der Waals surface area contributed by atoms with E-state index in [0.717, 1.165) is 25.7 Å². The topological polar surface area (TPSA) is 84.6 Å². The van der Waals surface area contributed by atoms with Gasteiger partial charge in [-0.05, 0) is 26.2 Å². The lowest BCUT2D eigenvalue weighted by atomic mass is 9.85. The van der Waals surface area contributed by atoms with E-state index in [4.69, 9.17) is 10.5 Å². The van der Waals surface area contributed by atoms with Crippen LogP contribution in [0.1, 0.15) is 39.0 Å². The van der Waals surface area contributed by atoms with Crippen molar-refractivity contribution < 1.29 is 14.6 Å². The van der Waals surface area contributed by atoms with Gasteiger partial charge in [-0.15, -0.1) is 0 Å². The molecule has 1 heterocycles. The SMILES string of the molecule is CC1OCCC1(O)CNC(=O)C1CCCC(N)C1. The third kappa shape index (κ3) is 3.02. The van der Waals surface area contributed by atoms with Crippen molar-refractivity contribution in [3.8, 4) is 0 Å². The summed E-state index contributed by atoms with van der Waals surface area (Å²) in [7, 11) is 0. The Kier molecular flexibility index (Phi) is 4.25. The first kappa shape index (κ1) is 13.8. The molecule has 18 heavy (non-hydrogen) atoms. The van der Waals surface area contributed by atoms with E-state index in [9.17, 15) is 9.90 Å². The lowest BCUT2D eigenvalue weighted by molar-refractivity contribution is -0.127. The molecule has 4 atom stereocenters. The lowest BCUT2D eigenvalue weighted by Gasteiger charge is -2.29. The summed E-state index contributed by atoms with van der Waals surface area (Å²) in [5.74, 6) is 0.0349. The smallest absolute Gasteiger partial charge is 0.223 e. The van der Waals surface area contributed by atoms with Crippen molar-refractivity contribution in [2.24, 2.45) is 11.7 Å². The Morgan fingerprint density at radius 1 is 1.56 bits per heavy atom. The minimum atomic E-state index is -0.910. The van der Waals surface area contributed by atoms with E-state index >= 15 is 0 Å². The van der Waals surface area contributed by atoms with Crippen LogP contribution >= 0.6 is 0 Å². The molecular formula is C13H24N2O3. The fraction of sp³-hybridized carbons (Fsp3) is 0.923. The zero-order valence-electron chi connectivity index (χ0n) is 11.0. The molecule has 1 saturated heterocycles. The number of hydrogen-bond donors (Lipinski definition) is 3. The minimum absolute atomic E-state index is 0.00924. The van der Waals surface area contributed by atoms with E-state index in [1.165, 1.54) is 0 Å². The monoisotopic (exact) mass is 256 g/mol. The van der Waals surface area contributed by atoms with Crippen molar-refractivity contribution in [1.82, 2.24) is 5.32 Å². The van der Waals surface area contributed by atoms with Crippen LogP contribution in [0.5, 0.6) is 0 Å². The molecule has 1 saturated carbocycles. The Morgan fingerprint density at radius 2 is 2.33 bits per heavy atom. The van der Waals surface area contributed by atoms with Gasteiger partial charge in [0.1, 0.15) is 5.60 Å². The number of amides is 1. The van der Waals surface area contributed by atoms with Crippen molar-refractivity contribution in [1.29, 1.82) is 0 Å². The molecule has 0 bridgehead atoms. The zero-order valence-corrected chi connectivity index (χ0v) is 11.0. The van der Waals surface area contributed by atoms with Crippen molar-refractivity contribution in [3.63, 3.8) is 0 Å². The van der Waals surface area contributed by atoms with Crippen LogP contribution in [0.2, 0.25) is 0 Å². The van der Waals surface area contributed by atoms with Crippen molar-refractivity contribution in [3.05, 3.63) is 0 Å². The molecule has 2 fully saturated rings. The molecule has 1 aliphatic carbocycles. The zero-order chi connectivity index (χ0) is 13.2. The molecule has 5 heteroatoms. The number of carbonyl (C=O) groups is 1. The van der Waals surface area contributed by atoms with E-state index in [1.54, 1.807) is 0 Å². The van der Waals surface area contributed by atoms with Crippen molar-refractivity contribution >= 4 is 5.91 Å². The number of hydrogen-bond acceptors (Lipinski definition) is 4. The molecule has 4 unspecified atom stereocenters. The summed E-state index contributed by atoms with van der Waals surface area (Å²) in [4.78, 5) is 12.0. The Bertz CT molecular complexity index is 311. The molecule has 4 N–H and O–H groups in total. The first-order valence-corrected chi connectivity index (χ1v) is 6.88. The Balaban J connectivity index is 1.81. The normalized spacial score (nSPS) is 40.7. The number of nitrogens with two attached hydrogens (primary N) is 1. The predicted octanol–water partition coefficient (Wildman–Crippen LogP) is 0.160. The molecule has 0 aromatic carbocycles. The number of rotatable bonds is 3. The van der Waals surface area contributed by atoms with Crippen LogP contribution in [-0.4, -0.2) is 41.9 Å². The van der Waals surface area contributed by atoms with Gasteiger partial charge in [0.15, 0.2) is 0 Å². The summed E-state index contributed by atoms with van der Waals surface area (Å²) >= 11 is 0. The summed E-state index contributed by atoms with van der Waals surface area (Å²) in [6.45, 7) is 2.68. The molecule has 1 aliphatic heterocycles. The van der Waals surface area contributed by atoms with Crippen LogP contribution in [0.3, 0.4) is 0 Å². The quantitative estimate of drug-likeness (QED) is 0.671. The fourth-order valence-electron chi connectivity index (χ4n) is 2.85. The molecule has 2 aliphatic rings. The largest absolute Gasteiger partial charge is 0.385 e. The van der Waals surface area contributed by atoms with Gasteiger partial charge in [0.25, 0.3) is 0 Å². The van der Waals surface area contributed by atoms with Crippen molar-refractivity contribution in [2.45, 2.75) is 56.8 Å². The number of carbonyl (C=O) groups excluding carboxylic acids is 1. The Hall–Kier alpha value is -0.650. The summed E-state index contributed by atoms with van der Waals surface area (Å²) in [6.07, 6.45) is 4.06. The highest BCUT2D eigenvalue weighted by atomic mass is 16.5. The third-order valence-corrected chi connectivity index (χ3v) is 4.31. The number of ether oxygens (including phenoxy) is 1. The van der Waals surface area contributed by atoms with Crippen LogP contribution in [0.4, 0.5) is 0 Å². The summed E-state index contributed by atoms with van der Waals surface area (Å²) in [5.41, 5.74) is 4.97. The summed E-state index contributed by atoms with van der Waals surface area (Å²) in [5, 5.41) is 13.2. The second kappa shape index (κ2) is 5.55. The molecule has 0 aromatic rings. The van der Waals surface area contributed by atoms with Gasteiger partial charge in [-0.2, -0.15) is 0 Å². The van der Waals surface area contributed by atoms with E-state index < -0.39 is 5.60 Å². The second-order valence-corrected chi connectivity index (χ2v) is 5.71. The average molecular weight is 256 g/mol. The maximum Gasteiger partial charge on any atom is 0.223 e. The molecule has 1 amide bonds. The van der Waals surface area contributed by atoms with Gasteiger partial charge in [-0.1, -0.05) is 6.42 Å². The maximum atomic E-state index is 12.0. The minimum Gasteiger partial charge on any atom is -0.385 e. The van der Waals surface area contributed by atoms with Gasteiger partial charge in [0.2, 0.25) is 5.91 Å². The van der Waals surface area contributed by atoms with Crippen LogP contribution in [0, 0.1) is 5.92 Å². The number of nitrogens with one attached hydrogen (secondary N) is 1. The first-order valence-electron chi connectivity index (χ1n) is 6.88. The molecule has 2 rings (SSSR count). The average Bonchev–Trinajstić information content (AvgIpc) is 2.67. The predicted molar refractivity (Wildman–Crippen MR) is 67.9 cm³/mol. The number of aliphatic hydroxyl groups is 1. The second-order valence-electron chi connectivity index (χ2n) is 5.71. The Labute approximate surface area is 108 Å². The van der Waals surface area contributed by atoms with Gasteiger partial charge in [-0.3, -0.25) is 4.79 Å². The van der Waals surface area contributed by atoms with Gasteiger partial charge < -0.3 is 20.9 Å². The highest BCUT2D eigenvalue weighted by Gasteiger charge is 2.40. The van der Waals surface area contributed by atoms with E-state index in [1.807, 2.05) is 6.92 Å².